The summed E-state index contributed by atoms with van der Waals surface area (Å²) >= 11 is 9.42. The maximum Gasteiger partial charge on any atom is 0.311 e. The van der Waals surface area contributed by atoms with E-state index in [1.165, 1.54) is 4.68 Å². The standard InChI is InChI=1S/C12H10BrClN4O2/c13-9-2-1-7(14)5-8(9)10-15-16-17-18(10)6-12(3-4-12)11(19)20/h1-2,5H,3-4,6H2,(H,19,20). The molecule has 0 spiro atoms. The van der Waals surface area contributed by atoms with E-state index < -0.39 is 11.4 Å². The Morgan fingerprint density at radius 2 is 2.25 bits per heavy atom. The molecular weight excluding hydrogens is 348 g/mol. The van der Waals surface area contributed by atoms with Gasteiger partial charge in [0, 0.05) is 15.1 Å². The second-order valence-corrected chi connectivity index (χ2v) is 6.16. The van der Waals surface area contributed by atoms with Crippen LogP contribution < -0.4 is 0 Å². The summed E-state index contributed by atoms with van der Waals surface area (Å²) < 4.78 is 2.33. The third-order valence-electron chi connectivity index (χ3n) is 3.46. The molecular formula is C12H10BrClN4O2. The lowest BCUT2D eigenvalue weighted by Gasteiger charge is -2.11. The Hall–Kier alpha value is -1.47. The van der Waals surface area contributed by atoms with E-state index in [0.717, 1.165) is 10.0 Å². The van der Waals surface area contributed by atoms with Crippen LogP contribution in [0.2, 0.25) is 5.02 Å². The van der Waals surface area contributed by atoms with Crippen LogP contribution in [0.15, 0.2) is 22.7 Å². The fraction of sp³-hybridized carbons (Fsp3) is 0.333. The monoisotopic (exact) mass is 356 g/mol. The average molecular weight is 358 g/mol. The van der Waals surface area contributed by atoms with Crippen molar-refractivity contribution in [3.63, 3.8) is 0 Å². The Kier molecular flexibility index (Phi) is 3.25. The fourth-order valence-electron chi connectivity index (χ4n) is 2.05. The summed E-state index contributed by atoms with van der Waals surface area (Å²) in [6, 6.07) is 5.30. The van der Waals surface area contributed by atoms with Gasteiger partial charge in [-0.2, -0.15) is 0 Å². The molecule has 104 valence electrons. The molecule has 20 heavy (non-hydrogen) atoms. The lowest BCUT2D eigenvalue weighted by atomic mass is 10.1. The van der Waals surface area contributed by atoms with Gasteiger partial charge in [-0.3, -0.25) is 4.79 Å². The Morgan fingerprint density at radius 3 is 2.90 bits per heavy atom. The number of nitrogens with zero attached hydrogens (tertiary/aromatic N) is 4. The molecule has 0 atom stereocenters. The van der Waals surface area contributed by atoms with Crippen LogP contribution in [0.3, 0.4) is 0 Å². The summed E-state index contributed by atoms with van der Waals surface area (Å²) in [5.41, 5.74) is 0.0125. The normalized spacial score (nSPS) is 16.1. The number of carbonyl (C=O) groups is 1. The highest BCUT2D eigenvalue weighted by Gasteiger charge is 2.51. The SMILES string of the molecule is O=C(O)C1(Cn2nnnc2-c2cc(Cl)ccc2Br)CC1. The summed E-state index contributed by atoms with van der Waals surface area (Å²) in [5, 5.41) is 21.3. The third kappa shape index (κ3) is 2.31. The van der Waals surface area contributed by atoms with Crippen molar-refractivity contribution in [2.24, 2.45) is 5.41 Å². The molecule has 0 bridgehead atoms. The first-order valence-electron chi connectivity index (χ1n) is 5.97. The van der Waals surface area contributed by atoms with E-state index in [1.54, 1.807) is 18.2 Å². The summed E-state index contributed by atoms with van der Waals surface area (Å²) in [7, 11) is 0. The minimum Gasteiger partial charge on any atom is -0.481 e. The van der Waals surface area contributed by atoms with Crippen LogP contribution in [0.5, 0.6) is 0 Å². The number of benzene rings is 1. The van der Waals surface area contributed by atoms with Crippen molar-refractivity contribution in [3.8, 4) is 11.4 Å². The molecule has 1 saturated carbocycles. The molecule has 1 aromatic heterocycles. The van der Waals surface area contributed by atoms with E-state index in [1.807, 2.05) is 0 Å². The molecule has 1 aliphatic carbocycles. The van der Waals surface area contributed by atoms with Gasteiger partial charge < -0.3 is 5.11 Å². The van der Waals surface area contributed by atoms with Crippen LogP contribution >= 0.6 is 27.5 Å². The zero-order chi connectivity index (χ0) is 14.3. The van der Waals surface area contributed by atoms with Gasteiger partial charge in [-0.25, -0.2) is 4.68 Å². The predicted octanol–water partition coefficient (Wildman–Crippen LogP) is 2.62. The number of hydrogen-bond acceptors (Lipinski definition) is 4. The Morgan fingerprint density at radius 1 is 1.50 bits per heavy atom. The molecule has 1 aliphatic rings. The minimum absolute atomic E-state index is 0.267. The lowest BCUT2D eigenvalue weighted by molar-refractivity contribution is -0.144. The molecule has 3 rings (SSSR count). The van der Waals surface area contributed by atoms with Crippen LogP contribution in [-0.4, -0.2) is 31.3 Å². The molecule has 1 N–H and O–H groups in total. The molecule has 1 heterocycles. The molecule has 0 radical (unpaired) electrons. The van der Waals surface area contributed by atoms with E-state index in [2.05, 4.69) is 31.5 Å². The van der Waals surface area contributed by atoms with Gasteiger partial charge in [0.15, 0.2) is 5.82 Å². The zero-order valence-electron chi connectivity index (χ0n) is 10.3. The summed E-state index contributed by atoms with van der Waals surface area (Å²) in [5.74, 6) is -0.295. The van der Waals surface area contributed by atoms with Crippen molar-refractivity contribution in [3.05, 3.63) is 27.7 Å². The largest absolute Gasteiger partial charge is 0.481 e. The average Bonchev–Trinajstić information content (AvgIpc) is 3.05. The van der Waals surface area contributed by atoms with Crippen LogP contribution in [0, 0.1) is 5.41 Å². The number of tetrazole rings is 1. The molecule has 0 amide bonds. The van der Waals surface area contributed by atoms with E-state index >= 15 is 0 Å². The van der Waals surface area contributed by atoms with Gasteiger partial charge in [0.1, 0.15) is 0 Å². The summed E-state index contributed by atoms with van der Waals surface area (Å²) in [4.78, 5) is 11.3. The Balaban J connectivity index is 1.98. The Labute approximate surface area is 127 Å². The second-order valence-electron chi connectivity index (χ2n) is 4.87. The Bertz CT molecular complexity index is 684. The lowest BCUT2D eigenvalue weighted by Crippen LogP contribution is -2.22. The highest BCUT2D eigenvalue weighted by molar-refractivity contribution is 9.10. The number of carboxylic acids is 1. The fourth-order valence-corrected chi connectivity index (χ4v) is 2.65. The molecule has 2 aromatic rings. The van der Waals surface area contributed by atoms with Gasteiger partial charge in [0.2, 0.25) is 0 Å². The smallest absolute Gasteiger partial charge is 0.311 e. The molecule has 1 aromatic carbocycles. The first-order chi connectivity index (χ1) is 9.52. The number of rotatable bonds is 4. The number of aromatic nitrogens is 4. The summed E-state index contributed by atoms with van der Waals surface area (Å²) in [6.07, 6.45) is 1.30. The van der Waals surface area contributed by atoms with Crippen LogP contribution in [-0.2, 0) is 11.3 Å². The topological polar surface area (TPSA) is 80.9 Å². The van der Waals surface area contributed by atoms with Crippen molar-refractivity contribution >= 4 is 33.5 Å². The van der Waals surface area contributed by atoms with Crippen molar-refractivity contribution in [1.82, 2.24) is 20.2 Å². The number of carboxylic acid groups (broad SMARTS) is 1. The van der Waals surface area contributed by atoms with Gasteiger partial charge in [0.25, 0.3) is 0 Å². The quantitative estimate of drug-likeness (QED) is 0.909. The van der Waals surface area contributed by atoms with Gasteiger partial charge >= 0.3 is 5.97 Å². The van der Waals surface area contributed by atoms with Crippen molar-refractivity contribution in [1.29, 1.82) is 0 Å². The van der Waals surface area contributed by atoms with E-state index in [4.69, 9.17) is 11.6 Å². The maximum atomic E-state index is 11.3. The molecule has 0 saturated heterocycles. The second kappa shape index (κ2) is 4.82. The first kappa shape index (κ1) is 13.5. The molecule has 0 aliphatic heterocycles. The van der Waals surface area contributed by atoms with Gasteiger partial charge in [-0.1, -0.05) is 27.5 Å². The highest BCUT2D eigenvalue weighted by atomic mass is 79.9. The van der Waals surface area contributed by atoms with Gasteiger partial charge in [0.05, 0.1) is 12.0 Å². The van der Waals surface area contributed by atoms with E-state index in [-0.39, 0.29) is 6.54 Å². The summed E-state index contributed by atoms with van der Waals surface area (Å²) in [6.45, 7) is 0.267. The molecule has 0 unspecified atom stereocenters. The van der Waals surface area contributed by atoms with E-state index in [9.17, 15) is 9.90 Å². The predicted molar refractivity (Wildman–Crippen MR) is 75.3 cm³/mol. The first-order valence-corrected chi connectivity index (χ1v) is 7.14. The number of hydrogen-bond donors (Lipinski definition) is 1. The van der Waals surface area contributed by atoms with Crippen LogP contribution in [0.1, 0.15) is 12.8 Å². The molecule has 6 nitrogen and oxygen atoms in total. The van der Waals surface area contributed by atoms with Crippen LogP contribution in [0.4, 0.5) is 0 Å². The van der Waals surface area contributed by atoms with Crippen molar-refractivity contribution in [2.75, 3.05) is 0 Å². The van der Waals surface area contributed by atoms with Crippen molar-refractivity contribution in [2.45, 2.75) is 19.4 Å². The number of aliphatic carboxylic acids is 1. The zero-order valence-corrected chi connectivity index (χ0v) is 12.6. The number of halogens is 2. The van der Waals surface area contributed by atoms with Gasteiger partial charge in [-0.05, 0) is 41.5 Å². The molecule has 8 heteroatoms. The van der Waals surface area contributed by atoms with Crippen LogP contribution in [0.25, 0.3) is 11.4 Å². The third-order valence-corrected chi connectivity index (χ3v) is 4.39. The van der Waals surface area contributed by atoms with Crippen molar-refractivity contribution < 1.29 is 9.90 Å². The minimum atomic E-state index is -0.802. The highest BCUT2D eigenvalue weighted by Crippen LogP contribution is 2.47. The molecule has 1 fully saturated rings. The van der Waals surface area contributed by atoms with Gasteiger partial charge in [-0.15, -0.1) is 5.10 Å². The maximum absolute atomic E-state index is 11.3. The van der Waals surface area contributed by atoms with E-state index in [0.29, 0.717) is 23.7 Å².